The fourth-order valence-corrected chi connectivity index (χ4v) is 9.27. The van der Waals surface area contributed by atoms with E-state index in [1.54, 1.807) is 0 Å². The van der Waals surface area contributed by atoms with Gasteiger partial charge >= 0.3 is 0 Å². The van der Waals surface area contributed by atoms with E-state index in [-0.39, 0.29) is 0 Å². The third-order valence-corrected chi connectivity index (χ3v) is 12.3. The standard InChI is InChI=1S/C52H38N2S/c1-35-36(2)55-52-46(35)17-11-18-47(52)40-24-31-45(32-25-40)53(43-27-20-38(21-28-43)37-12-5-3-6-13-37)44-29-22-39(23-30-44)41-26-33-51-49(34-41)48-16-9-10-19-50(48)54(51)42-14-7-4-8-15-42/h3-34H,1-2H3. The molecule has 0 saturated heterocycles. The van der Waals surface area contributed by atoms with E-state index in [4.69, 9.17) is 0 Å². The van der Waals surface area contributed by atoms with Crippen molar-refractivity contribution < 1.29 is 0 Å². The summed E-state index contributed by atoms with van der Waals surface area (Å²) in [5.41, 5.74) is 15.6. The summed E-state index contributed by atoms with van der Waals surface area (Å²) < 4.78 is 3.73. The highest BCUT2D eigenvalue weighted by Gasteiger charge is 2.17. The highest BCUT2D eigenvalue weighted by molar-refractivity contribution is 7.19. The van der Waals surface area contributed by atoms with Crippen LogP contribution < -0.4 is 4.90 Å². The fraction of sp³-hybridized carbons (Fsp3) is 0.0385. The molecule has 0 fully saturated rings. The van der Waals surface area contributed by atoms with Crippen molar-refractivity contribution in [2.75, 3.05) is 4.90 Å². The molecular weight excluding hydrogens is 685 g/mol. The Morgan fingerprint density at radius 3 is 1.58 bits per heavy atom. The molecular formula is C52H38N2S. The molecule has 0 aliphatic heterocycles. The van der Waals surface area contributed by atoms with Gasteiger partial charge in [-0.3, -0.25) is 0 Å². The first kappa shape index (κ1) is 32.9. The van der Waals surface area contributed by atoms with Gasteiger partial charge in [0.2, 0.25) is 0 Å². The number of aryl methyl sites for hydroxylation is 2. The Labute approximate surface area is 325 Å². The number of benzene rings is 8. The van der Waals surface area contributed by atoms with Crippen molar-refractivity contribution in [3.05, 3.63) is 205 Å². The molecule has 0 unspecified atom stereocenters. The van der Waals surface area contributed by atoms with Crippen molar-refractivity contribution in [2.45, 2.75) is 13.8 Å². The van der Waals surface area contributed by atoms with Gasteiger partial charge in [-0.25, -0.2) is 0 Å². The predicted molar refractivity (Wildman–Crippen MR) is 237 cm³/mol. The number of thiophene rings is 1. The van der Waals surface area contributed by atoms with Crippen LogP contribution >= 0.6 is 11.3 Å². The van der Waals surface area contributed by atoms with Crippen LogP contribution in [0.15, 0.2) is 194 Å². The molecule has 0 aliphatic carbocycles. The molecule has 0 radical (unpaired) electrons. The average molecular weight is 723 g/mol. The molecule has 2 nitrogen and oxygen atoms in total. The number of hydrogen-bond acceptors (Lipinski definition) is 2. The van der Waals surface area contributed by atoms with E-state index < -0.39 is 0 Å². The van der Waals surface area contributed by atoms with Gasteiger partial charge in [0.15, 0.2) is 0 Å². The molecule has 8 aromatic carbocycles. The Morgan fingerprint density at radius 2 is 0.909 bits per heavy atom. The van der Waals surface area contributed by atoms with Gasteiger partial charge < -0.3 is 9.47 Å². The summed E-state index contributed by atoms with van der Waals surface area (Å²) in [6.45, 7) is 4.46. The second-order valence-electron chi connectivity index (χ2n) is 14.2. The van der Waals surface area contributed by atoms with Gasteiger partial charge in [0.25, 0.3) is 0 Å². The van der Waals surface area contributed by atoms with E-state index in [0.717, 1.165) is 17.1 Å². The first-order valence-corrected chi connectivity index (χ1v) is 19.7. The number of anilines is 3. The molecule has 262 valence electrons. The minimum Gasteiger partial charge on any atom is -0.311 e. The summed E-state index contributed by atoms with van der Waals surface area (Å²) in [5.74, 6) is 0. The minimum absolute atomic E-state index is 1.11. The molecule has 55 heavy (non-hydrogen) atoms. The van der Waals surface area contributed by atoms with E-state index in [1.165, 1.54) is 81.4 Å². The Morgan fingerprint density at radius 1 is 0.400 bits per heavy atom. The first-order valence-electron chi connectivity index (χ1n) is 18.8. The number of fused-ring (bicyclic) bond motifs is 4. The summed E-state index contributed by atoms with van der Waals surface area (Å²) in [4.78, 5) is 3.74. The van der Waals surface area contributed by atoms with E-state index >= 15 is 0 Å². The van der Waals surface area contributed by atoms with E-state index in [0.29, 0.717) is 0 Å². The Balaban J connectivity index is 1.04. The first-order chi connectivity index (χ1) is 27.1. The van der Waals surface area contributed by atoms with Crippen LogP contribution in [0.4, 0.5) is 17.1 Å². The molecule has 2 heterocycles. The van der Waals surface area contributed by atoms with Crippen molar-refractivity contribution in [1.82, 2.24) is 4.57 Å². The van der Waals surface area contributed by atoms with Gasteiger partial charge in [-0.1, -0.05) is 127 Å². The molecule has 0 N–H and O–H groups in total. The Kier molecular flexibility index (Phi) is 8.16. The van der Waals surface area contributed by atoms with Crippen LogP contribution in [0.25, 0.3) is 71.0 Å². The van der Waals surface area contributed by atoms with Crippen LogP contribution in [0.1, 0.15) is 10.4 Å². The zero-order valence-corrected chi connectivity index (χ0v) is 31.6. The summed E-state index contributed by atoms with van der Waals surface area (Å²) in [7, 11) is 0. The molecule has 3 heteroatoms. The normalized spacial score (nSPS) is 11.5. The number of hydrogen-bond donors (Lipinski definition) is 0. The van der Waals surface area contributed by atoms with Crippen LogP contribution in [-0.4, -0.2) is 4.57 Å². The van der Waals surface area contributed by atoms with Crippen LogP contribution in [0.3, 0.4) is 0 Å². The molecule has 0 spiro atoms. The number of para-hydroxylation sites is 2. The minimum atomic E-state index is 1.11. The lowest BCUT2D eigenvalue weighted by Crippen LogP contribution is -2.09. The maximum absolute atomic E-state index is 2.37. The average Bonchev–Trinajstić information content (AvgIpc) is 3.74. The molecule has 0 aliphatic rings. The maximum Gasteiger partial charge on any atom is 0.0541 e. The lowest BCUT2D eigenvalue weighted by molar-refractivity contribution is 1.18. The quantitative estimate of drug-likeness (QED) is 0.159. The highest BCUT2D eigenvalue weighted by Crippen LogP contribution is 2.41. The predicted octanol–water partition coefficient (Wildman–Crippen LogP) is 15.1. The maximum atomic E-state index is 2.37. The van der Waals surface area contributed by atoms with Crippen LogP contribution in [0.2, 0.25) is 0 Å². The zero-order valence-electron chi connectivity index (χ0n) is 30.8. The van der Waals surface area contributed by atoms with Crippen LogP contribution in [-0.2, 0) is 0 Å². The van der Waals surface area contributed by atoms with Crippen molar-refractivity contribution in [3.8, 4) is 39.1 Å². The second kappa shape index (κ2) is 13.6. The van der Waals surface area contributed by atoms with Gasteiger partial charge in [-0.05, 0) is 125 Å². The number of rotatable bonds is 7. The molecule has 10 aromatic rings. The fourth-order valence-electron chi connectivity index (χ4n) is 8.07. The van der Waals surface area contributed by atoms with Crippen molar-refractivity contribution in [3.63, 3.8) is 0 Å². The third kappa shape index (κ3) is 5.81. The number of nitrogens with zero attached hydrogens (tertiary/aromatic N) is 2. The van der Waals surface area contributed by atoms with Gasteiger partial charge in [-0.2, -0.15) is 0 Å². The lowest BCUT2D eigenvalue weighted by Gasteiger charge is -2.26. The zero-order chi connectivity index (χ0) is 36.9. The lowest BCUT2D eigenvalue weighted by atomic mass is 10.0. The summed E-state index contributed by atoms with van der Waals surface area (Å²) in [6, 6.07) is 70.5. The third-order valence-electron chi connectivity index (χ3n) is 11.0. The van der Waals surface area contributed by atoms with Crippen LogP contribution in [0.5, 0.6) is 0 Å². The Hall–Kier alpha value is -6.68. The summed E-state index contributed by atoms with van der Waals surface area (Å²) in [5, 5.41) is 3.86. The topological polar surface area (TPSA) is 8.17 Å². The van der Waals surface area contributed by atoms with E-state index in [2.05, 4.69) is 217 Å². The Bertz CT molecular complexity index is 2960. The largest absolute Gasteiger partial charge is 0.311 e. The van der Waals surface area contributed by atoms with Crippen molar-refractivity contribution >= 4 is 60.3 Å². The number of aromatic nitrogens is 1. The second-order valence-corrected chi connectivity index (χ2v) is 15.5. The highest BCUT2D eigenvalue weighted by atomic mass is 32.1. The summed E-state index contributed by atoms with van der Waals surface area (Å²) >= 11 is 1.89. The molecule has 10 rings (SSSR count). The molecule has 2 aromatic heterocycles. The molecule has 0 amide bonds. The van der Waals surface area contributed by atoms with Crippen molar-refractivity contribution in [2.24, 2.45) is 0 Å². The van der Waals surface area contributed by atoms with E-state index in [1.807, 2.05) is 11.3 Å². The summed E-state index contributed by atoms with van der Waals surface area (Å²) in [6.07, 6.45) is 0. The van der Waals surface area contributed by atoms with Crippen molar-refractivity contribution in [1.29, 1.82) is 0 Å². The smallest absolute Gasteiger partial charge is 0.0541 e. The molecule has 0 bridgehead atoms. The van der Waals surface area contributed by atoms with Gasteiger partial charge in [0.05, 0.1) is 11.0 Å². The van der Waals surface area contributed by atoms with E-state index in [9.17, 15) is 0 Å². The molecule has 0 saturated carbocycles. The van der Waals surface area contributed by atoms with Gasteiger partial charge in [0, 0.05) is 43.1 Å². The van der Waals surface area contributed by atoms with Crippen LogP contribution in [0, 0.1) is 13.8 Å². The SMILES string of the molecule is Cc1sc2c(-c3ccc(N(c4ccc(-c5ccccc5)cc4)c4ccc(-c5ccc6c(c5)c5ccccc5n6-c5ccccc5)cc4)cc3)cccc2c1C. The van der Waals surface area contributed by atoms with Gasteiger partial charge in [0.1, 0.15) is 0 Å². The monoisotopic (exact) mass is 722 g/mol. The van der Waals surface area contributed by atoms with Gasteiger partial charge in [-0.15, -0.1) is 11.3 Å². The molecule has 0 atom stereocenters.